The Morgan fingerprint density at radius 3 is 2.67 bits per heavy atom. The third-order valence-corrected chi connectivity index (χ3v) is 6.45. The van der Waals surface area contributed by atoms with Gasteiger partial charge in [0.2, 0.25) is 5.95 Å². The van der Waals surface area contributed by atoms with Crippen molar-refractivity contribution in [2.75, 3.05) is 24.8 Å². The molecule has 0 amide bonds. The van der Waals surface area contributed by atoms with Crippen LogP contribution >= 0.6 is 0 Å². The lowest BCUT2D eigenvalue weighted by Crippen LogP contribution is -2.54. The predicted molar refractivity (Wildman–Crippen MR) is 109 cm³/mol. The van der Waals surface area contributed by atoms with E-state index in [-0.39, 0.29) is 16.5 Å². The Morgan fingerprint density at radius 1 is 1.23 bits per heavy atom. The molecule has 9 nitrogen and oxygen atoms in total. The van der Waals surface area contributed by atoms with Gasteiger partial charge in [0.15, 0.2) is 15.7 Å². The summed E-state index contributed by atoms with van der Waals surface area (Å²) in [7, 11) is -3.34. The molecule has 0 aromatic carbocycles. The van der Waals surface area contributed by atoms with Gasteiger partial charge in [0, 0.05) is 37.8 Å². The van der Waals surface area contributed by atoms with E-state index in [1.54, 1.807) is 6.20 Å². The van der Waals surface area contributed by atoms with Gasteiger partial charge >= 0.3 is 0 Å². The highest BCUT2D eigenvalue weighted by Gasteiger charge is 2.39. The Balaban J connectivity index is 1.51. The first-order chi connectivity index (χ1) is 14.2. The van der Waals surface area contributed by atoms with Crippen LogP contribution in [0.3, 0.4) is 0 Å². The van der Waals surface area contributed by atoms with Gasteiger partial charge in [-0.15, -0.1) is 0 Å². The van der Waals surface area contributed by atoms with Crippen molar-refractivity contribution in [2.45, 2.75) is 30.3 Å². The summed E-state index contributed by atoms with van der Waals surface area (Å²) < 4.78 is 43.0. The zero-order valence-corrected chi connectivity index (χ0v) is 17.5. The fraction of sp³-hybridized carbons (Fsp3) is 0.421. The van der Waals surface area contributed by atoms with Gasteiger partial charge < -0.3 is 20.7 Å². The lowest BCUT2D eigenvalue weighted by Gasteiger charge is -2.38. The summed E-state index contributed by atoms with van der Waals surface area (Å²) in [5, 5.41) is 9.56. The highest BCUT2D eigenvalue weighted by molar-refractivity contribution is 7.90. The number of hydrogen-bond donors (Lipinski definition) is 3. The number of hydrogen-bond acceptors (Lipinski definition) is 9. The number of nitrogens with one attached hydrogen (secondary N) is 3. The normalized spacial score (nSPS) is 22.2. The minimum Gasteiger partial charge on any atom is -0.381 e. The molecule has 1 unspecified atom stereocenters. The Hall–Kier alpha value is -2.79. The van der Waals surface area contributed by atoms with Crippen molar-refractivity contribution in [3.63, 3.8) is 0 Å². The summed E-state index contributed by atoms with van der Waals surface area (Å²) >= 11 is 0. The van der Waals surface area contributed by atoms with Crippen molar-refractivity contribution in [3.8, 4) is 0 Å². The maximum Gasteiger partial charge on any atom is 0.229 e. The molecular weight excluding hydrogens is 411 g/mol. The maximum absolute atomic E-state index is 14.5. The van der Waals surface area contributed by atoms with Gasteiger partial charge in [-0.25, -0.2) is 27.8 Å². The van der Waals surface area contributed by atoms with Gasteiger partial charge in [0.05, 0.1) is 16.8 Å². The van der Waals surface area contributed by atoms with Crippen LogP contribution in [0, 0.1) is 11.7 Å². The van der Waals surface area contributed by atoms with Gasteiger partial charge in [-0.1, -0.05) is 0 Å². The molecule has 0 spiro atoms. The van der Waals surface area contributed by atoms with E-state index in [2.05, 4.69) is 30.9 Å². The first kappa shape index (κ1) is 20.5. The van der Waals surface area contributed by atoms with Crippen LogP contribution in [0.2, 0.25) is 0 Å². The van der Waals surface area contributed by atoms with Crippen LogP contribution in [-0.2, 0) is 14.6 Å². The average Bonchev–Trinajstić information content (AvgIpc) is 3.13. The van der Waals surface area contributed by atoms with Gasteiger partial charge in [-0.3, -0.25) is 0 Å². The monoisotopic (exact) mass is 434 g/mol. The standard InChI is InChI=1S/C19H23FN6O3S/c1-19(12-5-7-29-8-6-12)23-11-15(26-19)17-14(20)10-22-18(25-17)24-16-4-3-13(9-21-16)30(2,27)28/h3-4,9-12,23,26H,5-8H2,1-2H3,(H,21,22,24,25). The molecule has 2 aromatic heterocycles. The molecule has 4 rings (SSSR count). The molecule has 11 heteroatoms. The van der Waals surface area contributed by atoms with E-state index in [1.807, 2.05) is 6.92 Å². The van der Waals surface area contributed by atoms with E-state index < -0.39 is 21.3 Å². The SMILES string of the molecule is CC1(C2CCOCC2)NC=C(c2nc(Nc3ccc(S(C)(=O)=O)cn3)ncc2F)N1. The molecule has 2 aromatic rings. The Bertz CT molecular complexity index is 1070. The minimum absolute atomic E-state index is 0.104. The van der Waals surface area contributed by atoms with Crippen molar-refractivity contribution < 1.29 is 17.5 Å². The van der Waals surface area contributed by atoms with Crippen LogP contribution in [0.15, 0.2) is 35.6 Å². The second kappa shape index (κ2) is 7.80. The Labute approximate surface area is 174 Å². The van der Waals surface area contributed by atoms with Crippen molar-refractivity contribution in [1.29, 1.82) is 0 Å². The summed E-state index contributed by atoms with van der Waals surface area (Å²) in [6.07, 6.45) is 6.98. The number of sulfone groups is 1. The topological polar surface area (TPSA) is 118 Å². The summed E-state index contributed by atoms with van der Waals surface area (Å²) in [5.74, 6) is 0.268. The van der Waals surface area contributed by atoms with E-state index in [9.17, 15) is 12.8 Å². The summed E-state index contributed by atoms with van der Waals surface area (Å²) in [6.45, 7) is 3.46. The molecule has 0 saturated carbocycles. The Morgan fingerprint density at radius 2 is 2.00 bits per heavy atom. The summed E-state index contributed by atoms with van der Waals surface area (Å²) in [4.78, 5) is 12.4. The number of nitrogens with zero attached hydrogens (tertiary/aromatic N) is 3. The smallest absolute Gasteiger partial charge is 0.229 e. The first-order valence-electron chi connectivity index (χ1n) is 9.54. The molecule has 0 bridgehead atoms. The molecule has 0 aliphatic carbocycles. The number of pyridine rings is 1. The van der Waals surface area contributed by atoms with Gasteiger partial charge in [0.25, 0.3) is 0 Å². The Kier molecular flexibility index (Phi) is 5.33. The molecule has 1 saturated heterocycles. The highest BCUT2D eigenvalue weighted by Crippen LogP contribution is 2.31. The van der Waals surface area contributed by atoms with E-state index in [0.29, 0.717) is 30.6 Å². The molecule has 2 aliphatic heterocycles. The average molecular weight is 434 g/mol. The van der Waals surface area contributed by atoms with Crippen LogP contribution < -0.4 is 16.0 Å². The van der Waals surface area contributed by atoms with Crippen LogP contribution in [-0.4, -0.2) is 48.5 Å². The molecule has 30 heavy (non-hydrogen) atoms. The molecule has 1 atom stereocenters. The van der Waals surface area contributed by atoms with Gasteiger partial charge in [-0.2, -0.15) is 0 Å². The fourth-order valence-corrected chi connectivity index (χ4v) is 4.16. The minimum atomic E-state index is -3.34. The van der Waals surface area contributed by atoms with Gasteiger partial charge in [0.1, 0.15) is 17.2 Å². The zero-order chi connectivity index (χ0) is 21.4. The van der Waals surface area contributed by atoms with Crippen LogP contribution in [0.1, 0.15) is 25.5 Å². The van der Waals surface area contributed by atoms with Crippen LogP contribution in [0.4, 0.5) is 16.2 Å². The van der Waals surface area contributed by atoms with Crippen molar-refractivity contribution in [3.05, 3.63) is 42.2 Å². The number of rotatable bonds is 5. The van der Waals surface area contributed by atoms with E-state index in [4.69, 9.17) is 4.74 Å². The molecule has 3 N–H and O–H groups in total. The summed E-state index contributed by atoms with van der Waals surface area (Å²) in [5.41, 5.74) is 0.253. The number of ether oxygens (including phenoxy) is 1. The van der Waals surface area contributed by atoms with E-state index >= 15 is 0 Å². The highest BCUT2D eigenvalue weighted by atomic mass is 32.2. The molecule has 2 aliphatic rings. The molecule has 160 valence electrons. The summed E-state index contributed by atoms with van der Waals surface area (Å²) in [6, 6.07) is 2.93. The van der Waals surface area contributed by atoms with Gasteiger partial charge in [-0.05, 0) is 31.9 Å². The van der Waals surface area contributed by atoms with Crippen molar-refractivity contribution >= 4 is 27.3 Å². The second-order valence-corrected chi connectivity index (χ2v) is 9.60. The predicted octanol–water partition coefficient (Wildman–Crippen LogP) is 1.79. The second-order valence-electron chi connectivity index (χ2n) is 7.58. The zero-order valence-electron chi connectivity index (χ0n) is 16.6. The fourth-order valence-electron chi connectivity index (χ4n) is 3.60. The van der Waals surface area contributed by atoms with Crippen LogP contribution in [0.25, 0.3) is 5.70 Å². The first-order valence-corrected chi connectivity index (χ1v) is 11.4. The van der Waals surface area contributed by atoms with E-state index in [0.717, 1.165) is 25.3 Å². The van der Waals surface area contributed by atoms with Crippen molar-refractivity contribution in [2.24, 2.45) is 5.92 Å². The molecule has 0 radical (unpaired) electrons. The molecule has 4 heterocycles. The maximum atomic E-state index is 14.5. The van der Waals surface area contributed by atoms with Crippen LogP contribution in [0.5, 0.6) is 0 Å². The third kappa shape index (κ3) is 4.21. The lowest BCUT2D eigenvalue weighted by atomic mass is 9.87. The lowest BCUT2D eigenvalue weighted by molar-refractivity contribution is 0.0336. The molecule has 1 fully saturated rings. The van der Waals surface area contributed by atoms with Crippen molar-refractivity contribution in [1.82, 2.24) is 25.6 Å². The van der Waals surface area contributed by atoms with E-state index in [1.165, 1.54) is 18.3 Å². The molecular formula is C19H23FN6O3S. The largest absolute Gasteiger partial charge is 0.381 e. The number of anilines is 2. The third-order valence-electron chi connectivity index (χ3n) is 5.35. The number of aromatic nitrogens is 3. The number of halogens is 1. The quantitative estimate of drug-likeness (QED) is 0.647.